The van der Waals surface area contributed by atoms with Crippen LogP contribution in [0.1, 0.15) is 0 Å². The summed E-state index contributed by atoms with van der Waals surface area (Å²) in [4.78, 5) is 2.19. The molecule has 0 atom stereocenters. The highest BCUT2D eigenvalue weighted by molar-refractivity contribution is 6.49. The average Bonchev–Trinajstić information content (AvgIpc) is 2.34. The van der Waals surface area contributed by atoms with Crippen LogP contribution in [0.25, 0.3) is 0 Å². The van der Waals surface area contributed by atoms with Gasteiger partial charge >= 0.3 is 7.55 Å². The fourth-order valence-corrected chi connectivity index (χ4v) is 1.24. The molecule has 0 unspecified atom stereocenters. The molecule has 1 aromatic carbocycles. The zero-order valence-corrected chi connectivity index (χ0v) is 5.96. The quantitative estimate of drug-likeness (QED) is 0.525. The Kier molecular flexibility index (Phi) is 1.10. The van der Waals surface area contributed by atoms with Gasteiger partial charge in [-0.1, -0.05) is 12.1 Å². The van der Waals surface area contributed by atoms with E-state index < -0.39 is 0 Å². The van der Waals surface area contributed by atoms with Gasteiger partial charge in [0.1, 0.15) is 0 Å². The topological polar surface area (TPSA) is 15.3 Å². The molecule has 2 nitrogen and oxygen atoms in total. The lowest BCUT2D eigenvalue weighted by molar-refractivity contribution is 1.36. The monoisotopic (exact) mass is 132 g/mol. The van der Waals surface area contributed by atoms with Gasteiger partial charge in [0.2, 0.25) is 0 Å². The van der Waals surface area contributed by atoms with Crippen LogP contribution < -0.4 is 10.0 Å². The maximum Gasteiger partial charge on any atom is 0.353 e. The second-order valence-corrected chi connectivity index (χ2v) is 2.55. The summed E-state index contributed by atoms with van der Waals surface area (Å²) in [5.74, 6) is 0. The summed E-state index contributed by atoms with van der Waals surface area (Å²) < 4.78 is 0. The standard InChI is InChI=1S/C7H9BN2/c1-10-7-5-3-2-4-6(7)9-8-10/h2-5,8-9H,1H3. The van der Waals surface area contributed by atoms with Gasteiger partial charge in [0.15, 0.2) is 0 Å². The Morgan fingerprint density at radius 3 is 3.00 bits per heavy atom. The van der Waals surface area contributed by atoms with Crippen molar-refractivity contribution >= 4 is 18.9 Å². The molecule has 1 aliphatic heterocycles. The summed E-state index contributed by atoms with van der Waals surface area (Å²) in [5, 5.41) is 3.28. The first-order chi connectivity index (χ1) is 4.88. The zero-order valence-electron chi connectivity index (χ0n) is 5.96. The lowest BCUT2D eigenvalue weighted by Crippen LogP contribution is -2.20. The molecule has 1 N–H and O–H groups in total. The first kappa shape index (κ1) is 5.65. The first-order valence-corrected chi connectivity index (χ1v) is 3.42. The lowest BCUT2D eigenvalue weighted by Gasteiger charge is -2.07. The van der Waals surface area contributed by atoms with E-state index in [1.807, 2.05) is 6.07 Å². The van der Waals surface area contributed by atoms with Gasteiger partial charge in [0.05, 0.1) is 0 Å². The lowest BCUT2D eigenvalue weighted by atomic mass is 10.2. The number of anilines is 2. The Balaban J connectivity index is 2.51. The van der Waals surface area contributed by atoms with E-state index in [2.05, 4.69) is 35.3 Å². The summed E-state index contributed by atoms with van der Waals surface area (Å²) in [5.41, 5.74) is 2.53. The van der Waals surface area contributed by atoms with E-state index in [1.165, 1.54) is 11.4 Å². The van der Waals surface area contributed by atoms with E-state index >= 15 is 0 Å². The molecule has 50 valence electrons. The fourth-order valence-electron chi connectivity index (χ4n) is 1.24. The van der Waals surface area contributed by atoms with Crippen LogP contribution in [0.4, 0.5) is 11.4 Å². The van der Waals surface area contributed by atoms with Crippen molar-refractivity contribution in [2.45, 2.75) is 0 Å². The van der Waals surface area contributed by atoms with E-state index in [9.17, 15) is 0 Å². The summed E-state index contributed by atoms with van der Waals surface area (Å²) in [7, 11) is 3.01. The van der Waals surface area contributed by atoms with Crippen molar-refractivity contribution in [1.29, 1.82) is 0 Å². The van der Waals surface area contributed by atoms with E-state index in [1.54, 1.807) is 0 Å². The molecule has 0 aliphatic carbocycles. The Morgan fingerprint density at radius 2 is 2.20 bits per heavy atom. The van der Waals surface area contributed by atoms with Gasteiger partial charge in [-0.3, -0.25) is 0 Å². The highest BCUT2D eigenvalue weighted by Crippen LogP contribution is 2.27. The predicted molar refractivity (Wildman–Crippen MR) is 45.6 cm³/mol. The number of nitrogens with zero attached hydrogens (tertiary/aromatic N) is 1. The van der Waals surface area contributed by atoms with Crippen LogP contribution in [0.15, 0.2) is 24.3 Å². The molecule has 0 saturated carbocycles. The molecule has 0 spiro atoms. The van der Waals surface area contributed by atoms with Crippen LogP contribution in [0.3, 0.4) is 0 Å². The molecular formula is C7H9BN2. The van der Waals surface area contributed by atoms with E-state index in [-0.39, 0.29) is 0 Å². The Morgan fingerprint density at radius 1 is 1.40 bits per heavy atom. The highest BCUT2D eigenvalue weighted by Gasteiger charge is 2.14. The number of benzene rings is 1. The molecule has 0 bridgehead atoms. The summed E-state index contributed by atoms with van der Waals surface area (Å²) in [6, 6.07) is 8.32. The molecule has 2 rings (SSSR count). The molecule has 0 fully saturated rings. The number of hydrogen-bond donors (Lipinski definition) is 1. The third-order valence-corrected chi connectivity index (χ3v) is 1.82. The molecule has 1 aliphatic rings. The van der Waals surface area contributed by atoms with Gasteiger partial charge in [0.25, 0.3) is 0 Å². The van der Waals surface area contributed by atoms with Gasteiger partial charge in [-0.15, -0.1) is 0 Å². The third kappa shape index (κ3) is 0.669. The number of para-hydroxylation sites is 2. The van der Waals surface area contributed by atoms with Crippen molar-refractivity contribution in [3.05, 3.63) is 24.3 Å². The van der Waals surface area contributed by atoms with Crippen molar-refractivity contribution < 1.29 is 0 Å². The van der Waals surface area contributed by atoms with Crippen molar-refractivity contribution in [2.75, 3.05) is 17.1 Å². The Hall–Kier alpha value is -1.12. The van der Waals surface area contributed by atoms with Crippen LogP contribution in [0.5, 0.6) is 0 Å². The highest BCUT2D eigenvalue weighted by atomic mass is 15.1. The van der Waals surface area contributed by atoms with E-state index in [0.717, 1.165) is 7.55 Å². The molecule has 1 heterocycles. The average molecular weight is 132 g/mol. The minimum absolute atomic E-state index is 0.930. The largest absolute Gasteiger partial charge is 0.411 e. The van der Waals surface area contributed by atoms with Crippen molar-refractivity contribution in [3.63, 3.8) is 0 Å². The third-order valence-electron chi connectivity index (χ3n) is 1.82. The molecule has 0 radical (unpaired) electrons. The summed E-state index contributed by atoms with van der Waals surface area (Å²) >= 11 is 0. The van der Waals surface area contributed by atoms with Crippen LogP contribution in [-0.4, -0.2) is 14.6 Å². The van der Waals surface area contributed by atoms with E-state index in [0.29, 0.717) is 0 Å². The molecule has 1 aromatic rings. The summed E-state index contributed by atoms with van der Waals surface area (Å²) in [6.45, 7) is 0. The van der Waals surface area contributed by atoms with Gasteiger partial charge in [0, 0.05) is 11.4 Å². The molecule has 3 heteroatoms. The van der Waals surface area contributed by atoms with Gasteiger partial charge < -0.3 is 10.0 Å². The second kappa shape index (κ2) is 1.94. The Bertz CT molecular complexity index is 249. The minimum Gasteiger partial charge on any atom is -0.411 e. The molecule has 0 saturated heterocycles. The normalized spacial score (nSPS) is 13.9. The zero-order chi connectivity index (χ0) is 6.97. The van der Waals surface area contributed by atoms with Crippen LogP contribution in [0.2, 0.25) is 0 Å². The van der Waals surface area contributed by atoms with Gasteiger partial charge in [-0.05, 0) is 19.2 Å². The maximum absolute atomic E-state index is 3.28. The van der Waals surface area contributed by atoms with Crippen LogP contribution >= 0.6 is 0 Å². The number of fused-ring (bicyclic) bond motifs is 1. The molecule has 0 aromatic heterocycles. The van der Waals surface area contributed by atoms with Gasteiger partial charge in [-0.2, -0.15) is 0 Å². The minimum atomic E-state index is 0.930. The van der Waals surface area contributed by atoms with Crippen molar-refractivity contribution in [2.24, 2.45) is 0 Å². The SMILES string of the molecule is CN1BNc2ccccc21. The van der Waals surface area contributed by atoms with Crippen molar-refractivity contribution in [3.8, 4) is 0 Å². The smallest absolute Gasteiger partial charge is 0.353 e. The number of hydrogen-bond acceptors (Lipinski definition) is 2. The molecule has 10 heavy (non-hydrogen) atoms. The summed E-state index contributed by atoms with van der Waals surface area (Å²) in [6.07, 6.45) is 0. The molecular weight excluding hydrogens is 123 g/mol. The van der Waals surface area contributed by atoms with Crippen LogP contribution in [0, 0.1) is 0 Å². The first-order valence-electron chi connectivity index (χ1n) is 3.42. The van der Waals surface area contributed by atoms with E-state index in [4.69, 9.17) is 0 Å². The maximum atomic E-state index is 3.28. The number of rotatable bonds is 0. The predicted octanol–water partition coefficient (Wildman–Crippen LogP) is 0.815. The second-order valence-electron chi connectivity index (χ2n) is 2.55. The Labute approximate surface area is 61.1 Å². The van der Waals surface area contributed by atoms with Crippen LogP contribution in [-0.2, 0) is 0 Å². The fraction of sp³-hybridized carbons (Fsp3) is 0.143. The van der Waals surface area contributed by atoms with Crippen molar-refractivity contribution in [1.82, 2.24) is 0 Å². The molecule has 0 amide bonds. The van der Waals surface area contributed by atoms with Gasteiger partial charge in [-0.25, -0.2) is 0 Å². The number of nitrogens with one attached hydrogen (secondary N) is 1.